The molecule has 0 atom stereocenters. The minimum Gasteiger partial charge on any atom is -0.495 e. The molecule has 5 heteroatoms. The quantitative estimate of drug-likeness (QED) is 0.916. The molecule has 0 heterocycles. The highest BCUT2D eigenvalue weighted by Crippen LogP contribution is 2.22. The molecule has 0 unspecified atom stereocenters. The molecule has 0 aromatic heterocycles. The minimum atomic E-state index is -0.417. The number of anilines is 1. The first-order valence-electron chi connectivity index (χ1n) is 6.32. The smallest absolute Gasteiger partial charge is 0.167 e. The molecule has 0 saturated carbocycles. The summed E-state index contributed by atoms with van der Waals surface area (Å²) in [6.07, 6.45) is 0. The van der Waals surface area contributed by atoms with E-state index in [0.29, 0.717) is 23.5 Å². The van der Waals surface area contributed by atoms with Crippen LogP contribution in [0, 0.1) is 17.1 Å². The summed E-state index contributed by atoms with van der Waals surface area (Å²) >= 11 is 0. The van der Waals surface area contributed by atoms with Crippen molar-refractivity contribution in [3.63, 3.8) is 0 Å². The van der Waals surface area contributed by atoms with Crippen molar-refractivity contribution >= 4 is 5.69 Å². The van der Waals surface area contributed by atoms with Crippen molar-refractivity contribution < 1.29 is 13.9 Å². The number of ether oxygens (including phenoxy) is 2. The second-order valence-electron chi connectivity index (χ2n) is 4.35. The number of benzene rings is 2. The fourth-order valence-corrected chi connectivity index (χ4v) is 1.92. The third kappa shape index (κ3) is 3.42. The maximum Gasteiger partial charge on any atom is 0.167 e. The SMILES string of the molecule is COc1ccc(NCc2ccc(C#N)c(OC)c2)cc1F. The Labute approximate surface area is 122 Å². The summed E-state index contributed by atoms with van der Waals surface area (Å²) in [5.74, 6) is 0.318. The Bertz CT molecular complexity index is 680. The molecule has 0 bridgehead atoms. The summed E-state index contributed by atoms with van der Waals surface area (Å²) in [5, 5.41) is 12.0. The van der Waals surface area contributed by atoms with E-state index < -0.39 is 5.82 Å². The predicted octanol–water partition coefficient (Wildman–Crippen LogP) is 3.33. The maximum absolute atomic E-state index is 13.6. The molecule has 0 saturated heterocycles. The van der Waals surface area contributed by atoms with E-state index in [4.69, 9.17) is 14.7 Å². The summed E-state index contributed by atoms with van der Waals surface area (Å²) in [6, 6.07) is 12.0. The number of methoxy groups -OCH3 is 2. The molecule has 0 spiro atoms. The van der Waals surface area contributed by atoms with Gasteiger partial charge in [-0.1, -0.05) is 6.07 Å². The average molecular weight is 286 g/mol. The van der Waals surface area contributed by atoms with Crippen LogP contribution in [0.3, 0.4) is 0 Å². The van der Waals surface area contributed by atoms with Gasteiger partial charge in [0.15, 0.2) is 11.6 Å². The standard InChI is InChI=1S/C16H15FN2O2/c1-20-15-6-5-13(8-14(15)17)19-10-11-3-4-12(9-18)16(7-11)21-2/h3-8,19H,10H2,1-2H3. The van der Waals surface area contributed by atoms with E-state index in [-0.39, 0.29) is 5.75 Å². The Morgan fingerprint density at radius 2 is 1.86 bits per heavy atom. The first kappa shape index (κ1) is 14.7. The third-order valence-electron chi connectivity index (χ3n) is 3.03. The van der Waals surface area contributed by atoms with Crippen LogP contribution >= 0.6 is 0 Å². The van der Waals surface area contributed by atoms with Crippen molar-refractivity contribution in [2.75, 3.05) is 19.5 Å². The van der Waals surface area contributed by atoms with Crippen molar-refractivity contribution in [1.82, 2.24) is 0 Å². The highest BCUT2D eigenvalue weighted by atomic mass is 19.1. The van der Waals surface area contributed by atoms with Crippen LogP contribution < -0.4 is 14.8 Å². The number of hydrogen-bond donors (Lipinski definition) is 1. The van der Waals surface area contributed by atoms with Crippen molar-refractivity contribution in [2.24, 2.45) is 0 Å². The molecule has 0 aliphatic heterocycles. The first-order valence-corrected chi connectivity index (χ1v) is 6.32. The normalized spacial score (nSPS) is 9.81. The van der Waals surface area contributed by atoms with Crippen LogP contribution in [0.25, 0.3) is 0 Å². The van der Waals surface area contributed by atoms with E-state index in [2.05, 4.69) is 11.4 Å². The molecule has 0 aliphatic rings. The molecule has 0 amide bonds. The van der Waals surface area contributed by atoms with Gasteiger partial charge < -0.3 is 14.8 Å². The van der Waals surface area contributed by atoms with E-state index in [1.807, 2.05) is 6.07 Å². The van der Waals surface area contributed by atoms with Crippen LogP contribution in [0.5, 0.6) is 11.5 Å². The second-order valence-corrected chi connectivity index (χ2v) is 4.35. The Kier molecular flexibility index (Phi) is 4.62. The summed E-state index contributed by atoms with van der Waals surface area (Å²) in [5.41, 5.74) is 2.07. The predicted molar refractivity (Wildman–Crippen MR) is 78.0 cm³/mol. The molecular formula is C16H15FN2O2. The van der Waals surface area contributed by atoms with Gasteiger partial charge >= 0.3 is 0 Å². The van der Waals surface area contributed by atoms with E-state index in [1.54, 1.807) is 24.3 Å². The minimum absolute atomic E-state index is 0.209. The van der Waals surface area contributed by atoms with Gasteiger partial charge in [0.25, 0.3) is 0 Å². The number of nitriles is 1. The zero-order valence-corrected chi connectivity index (χ0v) is 11.8. The molecule has 2 rings (SSSR count). The number of rotatable bonds is 5. The summed E-state index contributed by atoms with van der Waals surface area (Å²) in [6.45, 7) is 0.494. The Hall–Kier alpha value is -2.74. The van der Waals surface area contributed by atoms with Crippen molar-refractivity contribution in [3.8, 4) is 17.6 Å². The number of halogens is 1. The molecule has 0 fully saturated rings. The van der Waals surface area contributed by atoms with Gasteiger partial charge in [0, 0.05) is 18.3 Å². The van der Waals surface area contributed by atoms with Crippen molar-refractivity contribution in [3.05, 3.63) is 53.3 Å². The Morgan fingerprint density at radius 3 is 2.48 bits per heavy atom. The van der Waals surface area contributed by atoms with Gasteiger partial charge in [0.2, 0.25) is 0 Å². The maximum atomic E-state index is 13.6. The van der Waals surface area contributed by atoms with Gasteiger partial charge in [0.1, 0.15) is 11.8 Å². The summed E-state index contributed by atoms with van der Waals surface area (Å²) < 4.78 is 23.6. The molecule has 0 aliphatic carbocycles. The lowest BCUT2D eigenvalue weighted by Gasteiger charge is -2.10. The first-order chi connectivity index (χ1) is 10.2. The molecule has 0 radical (unpaired) electrons. The number of nitrogens with one attached hydrogen (secondary N) is 1. The molecule has 2 aromatic carbocycles. The topological polar surface area (TPSA) is 54.3 Å². The lowest BCUT2D eigenvalue weighted by Crippen LogP contribution is -2.01. The van der Waals surface area contributed by atoms with Crippen LogP contribution in [0.15, 0.2) is 36.4 Å². The summed E-state index contributed by atoms with van der Waals surface area (Å²) in [4.78, 5) is 0. The van der Waals surface area contributed by atoms with Crippen LogP contribution in [0.4, 0.5) is 10.1 Å². The van der Waals surface area contributed by atoms with Gasteiger partial charge in [0.05, 0.1) is 19.8 Å². The number of nitrogens with zero attached hydrogens (tertiary/aromatic N) is 1. The lowest BCUT2D eigenvalue weighted by molar-refractivity contribution is 0.386. The second kappa shape index (κ2) is 6.62. The molecule has 108 valence electrons. The van der Waals surface area contributed by atoms with Gasteiger partial charge in [-0.05, 0) is 29.8 Å². The third-order valence-corrected chi connectivity index (χ3v) is 3.03. The van der Waals surface area contributed by atoms with Gasteiger partial charge in [-0.3, -0.25) is 0 Å². The number of hydrogen-bond acceptors (Lipinski definition) is 4. The van der Waals surface area contributed by atoms with E-state index in [0.717, 1.165) is 5.56 Å². The highest BCUT2D eigenvalue weighted by molar-refractivity contribution is 5.49. The zero-order chi connectivity index (χ0) is 15.2. The van der Waals surface area contributed by atoms with Gasteiger partial charge in [-0.2, -0.15) is 5.26 Å². The molecular weight excluding hydrogens is 271 g/mol. The molecule has 4 nitrogen and oxygen atoms in total. The van der Waals surface area contributed by atoms with Crippen molar-refractivity contribution in [2.45, 2.75) is 6.54 Å². The fourth-order valence-electron chi connectivity index (χ4n) is 1.92. The van der Waals surface area contributed by atoms with Crippen LogP contribution in [0.1, 0.15) is 11.1 Å². The highest BCUT2D eigenvalue weighted by Gasteiger charge is 2.05. The van der Waals surface area contributed by atoms with E-state index in [1.165, 1.54) is 20.3 Å². The molecule has 1 N–H and O–H groups in total. The lowest BCUT2D eigenvalue weighted by atomic mass is 10.1. The van der Waals surface area contributed by atoms with Gasteiger partial charge in [-0.25, -0.2) is 4.39 Å². The zero-order valence-electron chi connectivity index (χ0n) is 11.8. The van der Waals surface area contributed by atoms with Crippen molar-refractivity contribution in [1.29, 1.82) is 5.26 Å². The van der Waals surface area contributed by atoms with Crippen LogP contribution in [-0.2, 0) is 6.54 Å². The van der Waals surface area contributed by atoms with Crippen LogP contribution in [-0.4, -0.2) is 14.2 Å². The fraction of sp³-hybridized carbons (Fsp3) is 0.188. The largest absolute Gasteiger partial charge is 0.495 e. The van der Waals surface area contributed by atoms with E-state index >= 15 is 0 Å². The Morgan fingerprint density at radius 1 is 1.10 bits per heavy atom. The Balaban J connectivity index is 2.10. The molecule has 2 aromatic rings. The van der Waals surface area contributed by atoms with Gasteiger partial charge in [-0.15, -0.1) is 0 Å². The summed E-state index contributed by atoms with van der Waals surface area (Å²) in [7, 11) is 2.95. The van der Waals surface area contributed by atoms with Crippen LogP contribution in [0.2, 0.25) is 0 Å². The molecule has 21 heavy (non-hydrogen) atoms. The van der Waals surface area contributed by atoms with E-state index in [9.17, 15) is 4.39 Å². The average Bonchev–Trinajstić information content (AvgIpc) is 2.52. The monoisotopic (exact) mass is 286 g/mol.